The molecule has 0 saturated heterocycles. The maximum atomic E-state index is 5.51. The van der Waals surface area contributed by atoms with Gasteiger partial charge in [-0.25, -0.2) is 0 Å². The minimum atomic E-state index is 0.616. The zero-order chi connectivity index (χ0) is 12.3. The summed E-state index contributed by atoms with van der Waals surface area (Å²) in [4.78, 5) is 0. The molecule has 0 aromatic heterocycles. The van der Waals surface area contributed by atoms with Gasteiger partial charge in [0.1, 0.15) is 5.75 Å². The normalized spacial score (nSPS) is 23.9. The first-order valence-electron chi connectivity index (χ1n) is 6.64. The van der Waals surface area contributed by atoms with Crippen molar-refractivity contribution >= 4 is 0 Å². The van der Waals surface area contributed by atoms with Crippen LogP contribution in [0, 0.1) is 6.92 Å². The summed E-state index contributed by atoms with van der Waals surface area (Å²) in [5.74, 6) is 1.66. The van der Waals surface area contributed by atoms with Gasteiger partial charge in [0.05, 0.1) is 7.11 Å². The molecule has 2 rings (SSSR count). The maximum absolute atomic E-state index is 5.51. The van der Waals surface area contributed by atoms with Crippen molar-refractivity contribution < 1.29 is 4.74 Å². The number of rotatable bonds is 4. The van der Waals surface area contributed by atoms with Gasteiger partial charge in [0.15, 0.2) is 0 Å². The molecule has 1 saturated carbocycles. The predicted octanol–water partition coefficient (Wildman–Crippen LogP) is 3.25. The largest absolute Gasteiger partial charge is 0.496 e. The number of hydrogen-bond donors (Lipinski definition) is 1. The van der Waals surface area contributed by atoms with Gasteiger partial charge in [0.2, 0.25) is 0 Å². The van der Waals surface area contributed by atoms with Crippen LogP contribution in [0.4, 0.5) is 0 Å². The first-order valence-corrected chi connectivity index (χ1v) is 6.64. The van der Waals surface area contributed by atoms with E-state index in [9.17, 15) is 0 Å². The minimum Gasteiger partial charge on any atom is -0.496 e. The highest BCUT2D eigenvalue weighted by molar-refractivity contribution is 5.40. The van der Waals surface area contributed by atoms with Crippen LogP contribution in [0.25, 0.3) is 0 Å². The zero-order valence-corrected chi connectivity index (χ0v) is 11.1. The van der Waals surface area contributed by atoms with Crippen molar-refractivity contribution in [2.45, 2.75) is 45.1 Å². The quantitative estimate of drug-likeness (QED) is 0.862. The topological polar surface area (TPSA) is 21.3 Å². The van der Waals surface area contributed by atoms with Crippen LogP contribution in [0.15, 0.2) is 18.2 Å². The lowest BCUT2D eigenvalue weighted by atomic mass is 9.92. The Labute approximate surface area is 104 Å². The smallest absolute Gasteiger partial charge is 0.122 e. The molecule has 0 radical (unpaired) electrons. The van der Waals surface area contributed by atoms with E-state index in [0.29, 0.717) is 12.0 Å². The molecule has 0 spiro atoms. The number of ether oxygens (including phenoxy) is 1. The summed E-state index contributed by atoms with van der Waals surface area (Å²) in [6.45, 7) is 5.39. The summed E-state index contributed by atoms with van der Waals surface area (Å²) < 4.78 is 5.51. The Balaban J connectivity index is 2.28. The van der Waals surface area contributed by atoms with Crippen molar-refractivity contribution in [3.8, 4) is 5.75 Å². The molecule has 2 heteroatoms. The van der Waals surface area contributed by atoms with E-state index >= 15 is 0 Å². The van der Waals surface area contributed by atoms with Gasteiger partial charge in [-0.05, 0) is 37.9 Å². The van der Waals surface area contributed by atoms with Crippen molar-refractivity contribution in [3.63, 3.8) is 0 Å². The third kappa shape index (κ3) is 2.63. The second-order valence-electron chi connectivity index (χ2n) is 4.95. The molecule has 2 unspecified atom stereocenters. The second-order valence-corrected chi connectivity index (χ2v) is 4.95. The second kappa shape index (κ2) is 5.54. The lowest BCUT2D eigenvalue weighted by Crippen LogP contribution is -2.31. The average Bonchev–Trinajstić information content (AvgIpc) is 2.77. The highest BCUT2D eigenvalue weighted by Gasteiger charge is 2.29. The van der Waals surface area contributed by atoms with Crippen molar-refractivity contribution in [3.05, 3.63) is 29.3 Å². The van der Waals surface area contributed by atoms with Crippen LogP contribution in [0.1, 0.15) is 43.2 Å². The number of nitrogens with one attached hydrogen (secondary N) is 1. The SMILES string of the molecule is CCNC1CCCC1c1cc(C)ccc1OC. The summed E-state index contributed by atoms with van der Waals surface area (Å²) in [6, 6.07) is 7.14. The van der Waals surface area contributed by atoms with Crippen LogP contribution in [0.2, 0.25) is 0 Å². The third-order valence-electron chi connectivity index (χ3n) is 3.77. The molecule has 94 valence electrons. The van der Waals surface area contributed by atoms with Gasteiger partial charge >= 0.3 is 0 Å². The molecular weight excluding hydrogens is 210 g/mol. The number of aryl methyl sites for hydroxylation is 1. The first kappa shape index (κ1) is 12.4. The van der Waals surface area contributed by atoms with Crippen LogP contribution in [-0.2, 0) is 0 Å². The van der Waals surface area contributed by atoms with Crippen LogP contribution < -0.4 is 10.1 Å². The standard InChI is InChI=1S/C15H23NO/c1-4-16-14-7-5-6-12(14)13-10-11(2)8-9-15(13)17-3/h8-10,12,14,16H,4-7H2,1-3H3. The zero-order valence-electron chi connectivity index (χ0n) is 11.1. The molecule has 0 bridgehead atoms. The highest BCUT2D eigenvalue weighted by atomic mass is 16.5. The van der Waals surface area contributed by atoms with Crippen LogP contribution in [0.3, 0.4) is 0 Å². The number of methoxy groups -OCH3 is 1. The molecule has 1 aromatic carbocycles. The summed E-state index contributed by atoms with van der Waals surface area (Å²) in [6.07, 6.45) is 3.88. The monoisotopic (exact) mass is 233 g/mol. The van der Waals surface area contributed by atoms with E-state index < -0.39 is 0 Å². The van der Waals surface area contributed by atoms with Gasteiger partial charge in [-0.1, -0.05) is 31.0 Å². The molecule has 17 heavy (non-hydrogen) atoms. The molecule has 2 atom stereocenters. The van der Waals surface area contributed by atoms with Gasteiger partial charge in [-0.2, -0.15) is 0 Å². The third-order valence-corrected chi connectivity index (χ3v) is 3.77. The van der Waals surface area contributed by atoms with Crippen molar-refractivity contribution in [1.82, 2.24) is 5.32 Å². The van der Waals surface area contributed by atoms with Crippen LogP contribution in [-0.4, -0.2) is 19.7 Å². The average molecular weight is 233 g/mol. The molecule has 1 N–H and O–H groups in total. The summed E-state index contributed by atoms with van der Waals surface area (Å²) in [7, 11) is 1.77. The van der Waals surface area contributed by atoms with Crippen molar-refractivity contribution in [2.75, 3.05) is 13.7 Å². The fourth-order valence-corrected chi connectivity index (χ4v) is 2.98. The molecular formula is C15H23NO. The van der Waals surface area contributed by atoms with Gasteiger partial charge in [-0.3, -0.25) is 0 Å². The van der Waals surface area contributed by atoms with E-state index in [2.05, 4.69) is 37.4 Å². The van der Waals surface area contributed by atoms with E-state index in [1.807, 2.05) is 0 Å². The molecule has 1 aliphatic rings. The predicted molar refractivity (Wildman–Crippen MR) is 71.8 cm³/mol. The Hall–Kier alpha value is -1.02. The fraction of sp³-hybridized carbons (Fsp3) is 0.600. The summed E-state index contributed by atoms with van der Waals surface area (Å²) >= 11 is 0. The Morgan fingerprint density at radius 2 is 2.18 bits per heavy atom. The number of hydrogen-bond acceptors (Lipinski definition) is 2. The molecule has 1 aromatic rings. The number of likely N-dealkylation sites (N-methyl/N-ethyl adjacent to an activating group) is 1. The molecule has 2 nitrogen and oxygen atoms in total. The van der Waals surface area contributed by atoms with E-state index in [1.165, 1.54) is 30.4 Å². The minimum absolute atomic E-state index is 0.616. The van der Waals surface area contributed by atoms with Crippen LogP contribution >= 0.6 is 0 Å². The molecule has 0 heterocycles. The van der Waals surface area contributed by atoms with E-state index in [-0.39, 0.29) is 0 Å². The fourth-order valence-electron chi connectivity index (χ4n) is 2.98. The molecule has 0 aliphatic heterocycles. The van der Waals surface area contributed by atoms with Gasteiger partial charge in [0.25, 0.3) is 0 Å². The van der Waals surface area contributed by atoms with E-state index in [1.54, 1.807) is 7.11 Å². The molecule has 0 amide bonds. The van der Waals surface area contributed by atoms with Crippen molar-refractivity contribution in [1.29, 1.82) is 0 Å². The maximum Gasteiger partial charge on any atom is 0.122 e. The summed E-state index contributed by atoms with van der Waals surface area (Å²) in [5, 5.41) is 3.61. The first-order chi connectivity index (χ1) is 8.26. The van der Waals surface area contributed by atoms with Gasteiger partial charge in [-0.15, -0.1) is 0 Å². The highest BCUT2D eigenvalue weighted by Crippen LogP contribution is 2.39. The Kier molecular flexibility index (Phi) is 4.06. The number of benzene rings is 1. The van der Waals surface area contributed by atoms with Gasteiger partial charge < -0.3 is 10.1 Å². The Bertz CT molecular complexity index is 375. The molecule has 1 fully saturated rings. The Morgan fingerprint density at radius 1 is 1.35 bits per heavy atom. The van der Waals surface area contributed by atoms with E-state index in [0.717, 1.165) is 12.3 Å². The van der Waals surface area contributed by atoms with E-state index in [4.69, 9.17) is 4.74 Å². The van der Waals surface area contributed by atoms with Crippen LogP contribution in [0.5, 0.6) is 5.75 Å². The van der Waals surface area contributed by atoms with Crippen molar-refractivity contribution in [2.24, 2.45) is 0 Å². The Morgan fingerprint density at radius 3 is 2.88 bits per heavy atom. The molecule has 1 aliphatic carbocycles. The van der Waals surface area contributed by atoms with Gasteiger partial charge in [0, 0.05) is 12.0 Å². The summed E-state index contributed by atoms with van der Waals surface area (Å²) in [5.41, 5.74) is 2.71. The lowest BCUT2D eigenvalue weighted by molar-refractivity contribution is 0.397. The lowest BCUT2D eigenvalue weighted by Gasteiger charge is -2.23.